The quantitative estimate of drug-likeness (QED) is 0.182. The minimum atomic E-state index is -0.390. The highest BCUT2D eigenvalue weighted by Crippen LogP contribution is 2.32. The molecule has 1 heterocycles. The Bertz CT molecular complexity index is 1180. The van der Waals surface area contributed by atoms with Crippen molar-refractivity contribution in [1.82, 2.24) is 9.97 Å². The number of aromatic amines is 1. The van der Waals surface area contributed by atoms with E-state index in [2.05, 4.69) is 15.3 Å². The van der Waals surface area contributed by atoms with Crippen LogP contribution in [0.25, 0.3) is 0 Å². The molecule has 34 heavy (non-hydrogen) atoms. The molecule has 0 saturated carbocycles. The van der Waals surface area contributed by atoms with Crippen LogP contribution in [0.1, 0.15) is 59.1 Å². The molecule has 1 unspecified atom stereocenters. The van der Waals surface area contributed by atoms with Gasteiger partial charge in [-0.05, 0) is 50.1 Å². The van der Waals surface area contributed by atoms with Crippen molar-refractivity contribution in [3.8, 4) is 0 Å². The third kappa shape index (κ3) is 7.05. The topological polar surface area (TPSA) is 101 Å². The number of H-pyrrole nitrogens is 1. The molecule has 0 aliphatic carbocycles. The van der Waals surface area contributed by atoms with Gasteiger partial charge in [0, 0.05) is 22.2 Å². The first-order valence-corrected chi connectivity index (χ1v) is 12.1. The number of aryl methyl sites for hydroxylation is 1. The summed E-state index contributed by atoms with van der Waals surface area (Å²) < 4.78 is 5.18. The average molecular weight is 480 g/mol. The molecule has 1 aromatic heterocycles. The molecule has 0 aliphatic heterocycles. The number of thioether (sulfide) groups is 1. The highest BCUT2D eigenvalue weighted by Gasteiger charge is 2.16. The lowest BCUT2D eigenvalue weighted by Crippen LogP contribution is -2.24. The summed E-state index contributed by atoms with van der Waals surface area (Å²) in [5, 5.41) is 3.39. The maximum absolute atomic E-state index is 12.7. The Labute approximate surface area is 203 Å². The van der Waals surface area contributed by atoms with E-state index in [1.54, 1.807) is 31.2 Å². The number of carbonyl (C=O) groups excluding carboxylic acids is 2. The van der Waals surface area contributed by atoms with E-state index in [1.807, 2.05) is 44.2 Å². The monoisotopic (exact) mass is 479 g/mol. The molecule has 0 saturated heterocycles. The summed E-state index contributed by atoms with van der Waals surface area (Å²) in [5.41, 5.74) is 2.61. The molecular formula is C26H29N3O4S. The van der Waals surface area contributed by atoms with Crippen molar-refractivity contribution < 1.29 is 14.3 Å². The van der Waals surface area contributed by atoms with Crippen LogP contribution in [-0.2, 0) is 16.0 Å². The molecule has 0 spiro atoms. The fraction of sp³-hybridized carbons (Fsp3) is 0.308. The number of esters is 1. The normalized spacial score (nSPS) is 11.6. The summed E-state index contributed by atoms with van der Waals surface area (Å²) in [5.74, 6) is -0.731. The Morgan fingerprint density at radius 3 is 2.47 bits per heavy atom. The first kappa shape index (κ1) is 25.2. The molecular weight excluding hydrogens is 450 g/mol. The van der Waals surface area contributed by atoms with E-state index in [0.717, 1.165) is 18.4 Å². The van der Waals surface area contributed by atoms with Gasteiger partial charge in [-0.2, -0.15) is 0 Å². The van der Waals surface area contributed by atoms with Crippen LogP contribution in [0.15, 0.2) is 64.5 Å². The first-order valence-electron chi connectivity index (χ1n) is 11.3. The van der Waals surface area contributed by atoms with Crippen molar-refractivity contribution in [1.29, 1.82) is 0 Å². The van der Waals surface area contributed by atoms with Crippen LogP contribution in [-0.4, -0.2) is 28.5 Å². The van der Waals surface area contributed by atoms with Crippen LogP contribution in [0.2, 0.25) is 0 Å². The summed E-state index contributed by atoms with van der Waals surface area (Å²) in [4.78, 5) is 44.5. The maximum atomic E-state index is 12.7. The second-order valence-electron chi connectivity index (χ2n) is 7.90. The van der Waals surface area contributed by atoms with E-state index in [0.29, 0.717) is 34.3 Å². The van der Waals surface area contributed by atoms with Crippen LogP contribution in [0.5, 0.6) is 0 Å². The lowest BCUT2D eigenvalue weighted by atomic mass is 10.1. The standard InChI is InChI=1S/C26H29N3O4S/c1-4-5-15-33-25(32)20-11-13-21(14-12-20)28-23(30)16-22-17(2)27-26(29-24(22)31)34-18(3)19-9-7-6-8-10-19/h6-14,18H,4-5,15-16H2,1-3H3,(H,28,30)(H,27,29,31). The zero-order valence-corrected chi connectivity index (χ0v) is 20.4. The fourth-order valence-electron chi connectivity index (χ4n) is 3.26. The van der Waals surface area contributed by atoms with Gasteiger partial charge in [-0.3, -0.25) is 9.59 Å². The molecule has 0 radical (unpaired) electrons. The molecule has 1 amide bonds. The third-order valence-corrected chi connectivity index (χ3v) is 6.27. The highest BCUT2D eigenvalue weighted by atomic mass is 32.2. The molecule has 1 atom stereocenters. The Balaban J connectivity index is 1.60. The molecule has 3 rings (SSSR count). The van der Waals surface area contributed by atoms with Crippen molar-refractivity contribution in [2.45, 2.75) is 50.4 Å². The van der Waals surface area contributed by atoms with E-state index in [9.17, 15) is 14.4 Å². The van der Waals surface area contributed by atoms with Gasteiger partial charge in [0.15, 0.2) is 5.16 Å². The SMILES string of the molecule is CCCCOC(=O)c1ccc(NC(=O)Cc2c(C)nc(SC(C)c3ccccc3)[nH]c2=O)cc1. The average Bonchev–Trinajstić information content (AvgIpc) is 2.82. The van der Waals surface area contributed by atoms with Crippen LogP contribution in [0.3, 0.4) is 0 Å². The number of amides is 1. The number of benzene rings is 2. The Hall–Kier alpha value is -3.39. The Morgan fingerprint density at radius 2 is 1.82 bits per heavy atom. The maximum Gasteiger partial charge on any atom is 0.338 e. The number of unbranched alkanes of at least 4 members (excludes halogenated alkanes) is 1. The van der Waals surface area contributed by atoms with Crippen LogP contribution >= 0.6 is 11.8 Å². The van der Waals surface area contributed by atoms with Gasteiger partial charge in [0.25, 0.3) is 5.56 Å². The van der Waals surface area contributed by atoms with Crippen molar-refractivity contribution in [3.05, 3.63) is 87.3 Å². The van der Waals surface area contributed by atoms with E-state index in [1.165, 1.54) is 11.8 Å². The van der Waals surface area contributed by atoms with Crippen LogP contribution in [0, 0.1) is 6.92 Å². The van der Waals surface area contributed by atoms with Crippen LogP contribution in [0.4, 0.5) is 5.69 Å². The summed E-state index contributed by atoms with van der Waals surface area (Å²) in [7, 11) is 0. The van der Waals surface area contributed by atoms with E-state index >= 15 is 0 Å². The molecule has 0 bridgehead atoms. The van der Waals surface area contributed by atoms with Gasteiger partial charge in [0.2, 0.25) is 5.91 Å². The van der Waals surface area contributed by atoms with Gasteiger partial charge in [0.05, 0.1) is 18.6 Å². The van der Waals surface area contributed by atoms with Crippen molar-refractivity contribution in [3.63, 3.8) is 0 Å². The minimum Gasteiger partial charge on any atom is -0.462 e. The zero-order chi connectivity index (χ0) is 24.5. The summed E-state index contributed by atoms with van der Waals surface area (Å²) in [6.45, 7) is 6.19. The first-order chi connectivity index (χ1) is 16.4. The van der Waals surface area contributed by atoms with Gasteiger partial charge in [-0.15, -0.1) is 0 Å². The highest BCUT2D eigenvalue weighted by molar-refractivity contribution is 7.99. The molecule has 2 N–H and O–H groups in total. The number of hydrogen-bond donors (Lipinski definition) is 2. The number of ether oxygens (including phenoxy) is 1. The van der Waals surface area contributed by atoms with Gasteiger partial charge < -0.3 is 15.0 Å². The number of nitrogens with zero attached hydrogens (tertiary/aromatic N) is 1. The van der Waals surface area contributed by atoms with E-state index in [4.69, 9.17) is 4.74 Å². The van der Waals surface area contributed by atoms with E-state index < -0.39 is 0 Å². The second kappa shape index (κ2) is 12.2. The molecule has 8 heteroatoms. The molecule has 178 valence electrons. The molecule has 0 fully saturated rings. The second-order valence-corrected chi connectivity index (χ2v) is 9.23. The lowest BCUT2D eigenvalue weighted by molar-refractivity contribution is -0.115. The molecule has 7 nitrogen and oxygen atoms in total. The number of rotatable bonds is 10. The number of anilines is 1. The lowest BCUT2D eigenvalue weighted by Gasteiger charge is -2.12. The smallest absolute Gasteiger partial charge is 0.338 e. The Morgan fingerprint density at radius 1 is 1.12 bits per heavy atom. The number of hydrogen-bond acceptors (Lipinski definition) is 6. The molecule has 2 aromatic carbocycles. The fourth-order valence-corrected chi connectivity index (χ4v) is 4.23. The van der Waals surface area contributed by atoms with Crippen LogP contribution < -0.4 is 10.9 Å². The van der Waals surface area contributed by atoms with E-state index in [-0.39, 0.29) is 29.1 Å². The van der Waals surface area contributed by atoms with Gasteiger partial charge >= 0.3 is 5.97 Å². The predicted octanol–water partition coefficient (Wildman–Crippen LogP) is 5.07. The summed E-state index contributed by atoms with van der Waals surface area (Å²) in [6, 6.07) is 16.4. The summed E-state index contributed by atoms with van der Waals surface area (Å²) >= 11 is 1.46. The van der Waals surface area contributed by atoms with Crippen molar-refractivity contribution in [2.75, 3.05) is 11.9 Å². The molecule has 3 aromatic rings. The number of carbonyl (C=O) groups is 2. The molecule has 0 aliphatic rings. The number of nitrogens with one attached hydrogen (secondary N) is 2. The minimum absolute atomic E-state index is 0.103. The zero-order valence-electron chi connectivity index (χ0n) is 19.6. The van der Waals surface area contributed by atoms with Gasteiger partial charge in [-0.1, -0.05) is 55.4 Å². The van der Waals surface area contributed by atoms with Gasteiger partial charge in [0.1, 0.15) is 0 Å². The van der Waals surface area contributed by atoms with Crippen molar-refractivity contribution in [2.24, 2.45) is 0 Å². The van der Waals surface area contributed by atoms with Crippen molar-refractivity contribution >= 4 is 29.3 Å². The predicted molar refractivity (Wildman–Crippen MR) is 134 cm³/mol. The number of aromatic nitrogens is 2. The Kier molecular flexibility index (Phi) is 9.04. The third-order valence-electron chi connectivity index (χ3n) is 5.23. The van der Waals surface area contributed by atoms with Gasteiger partial charge in [-0.25, -0.2) is 9.78 Å². The largest absolute Gasteiger partial charge is 0.462 e. The summed E-state index contributed by atoms with van der Waals surface area (Å²) in [6.07, 6.45) is 1.66.